The monoisotopic (exact) mass is 405 g/mol. The molecule has 0 bridgehead atoms. The van der Waals surface area contributed by atoms with Crippen molar-refractivity contribution in [2.24, 2.45) is 7.05 Å². The zero-order valence-electron chi connectivity index (χ0n) is 16.0. The van der Waals surface area contributed by atoms with Crippen LogP contribution in [0.2, 0.25) is 0 Å². The predicted molar refractivity (Wildman–Crippen MR) is 115 cm³/mol. The Kier molecular flexibility index (Phi) is 4.51. The molecule has 29 heavy (non-hydrogen) atoms. The van der Waals surface area contributed by atoms with Gasteiger partial charge in [0, 0.05) is 30.6 Å². The number of aryl methyl sites for hydroxylation is 1. The Hall–Kier alpha value is -2.86. The second kappa shape index (κ2) is 7.19. The van der Waals surface area contributed by atoms with Gasteiger partial charge < -0.3 is 4.57 Å². The second-order valence-corrected chi connectivity index (χ2v) is 8.38. The molecule has 2 aromatic heterocycles. The van der Waals surface area contributed by atoms with Crippen molar-refractivity contribution in [2.45, 2.75) is 29.8 Å². The van der Waals surface area contributed by atoms with Crippen molar-refractivity contribution in [2.75, 3.05) is 0 Å². The van der Waals surface area contributed by atoms with Crippen LogP contribution >= 0.6 is 11.8 Å². The van der Waals surface area contributed by atoms with Gasteiger partial charge in [-0.15, -0.1) is 0 Å². The molecule has 2 aromatic carbocycles. The smallest absolute Gasteiger partial charge is 0.278 e. The van der Waals surface area contributed by atoms with E-state index in [-0.39, 0.29) is 17.4 Å². The zero-order valence-corrected chi connectivity index (χ0v) is 16.8. The number of rotatable bonds is 5. The van der Waals surface area contributed by atoms with E-state index in [1.807, 2.05) is 58.8 Å². The number of benzene rings is 2. The molecule has 1 aliphatic carbocycles. The van der Waals surface area contributed by atoms with E-state index in [0.717, 1.165) is 35.0 Å². The van der Waals surface area contributed by atoms with Gasteiger partial charge in [-0.25, -0.2) is 9.37 Å². The first-order chi connectivity index (χ1) is 14.1. The highest BCUT2D eigenvalue weighted by atomic mass is 32.2. The first-order valence-electron chi connectivity index (χ1n) is 9.66. The molecule has 0 unspecified atom stereocenters. The van der Waals surface area contributed by atoms with E-state index in [9.17, 15) is 9.18 Å². The molecule has 6 heteroatoms. The highest BCUT2D eigenvalue weighted by Crippen LogP contribution is 2.38. The maximum atomic E-state index is 13.5. The Morgan fingerprint density at radius 1 is 1.14 bits per heavy atom. The van der Waals surface area contributed by atoms with Gasteiger partial charge in [0.15, 0.2) is 5.16 Å². The second-order valence-electron chi connectivity index (χ2n) is 7.44. The Morgan fingerprint density at radius 3 is 2.66 bits per heavy atom. The van der Waals surface area contributed by atoms with Gasteiger partial charge in [0.25, 0.3) is 5.56 Å². The van der Waals surface area contributed by atoms with Gasteiger partial charge in [0.2, 0.25) is 0 Å². The lowest BCUT2D eigenvalue weighted by Crippen LogP contribution is -2.23. The third-order valence-electron chi connectivity index (χ3n) is 5.24. The number of aromatic nitrogens is 3. The molecule has 2 heterocycles. The van der Waals surface area contributed by atoms with Crippen LogP contribution in [0.1, 0.15) is 24.4 Å². The maximum Gasteiger partial charge on any atom is 0.278 e. The molecule has 0 atom stereocenters. The van der Waals surface area contributed by atoms with Gasteiger partial charge in [-0.3, -0.25) is 9.36 Å². The summed E-state index contributed by atoms with van der Waals surface area (Å²) in [6.45, 7) is 0. The largest absolute Gasteiger partial charge is 0.344 e. The molecule has 1 saturated carbocycles. The lowest BCUT2D eigenvalue weighted by atomic mass is 10.1. The Labute approximate surface area is 172 Å². The molecule has 4 nitrogen and oxygen atoms in total. The number of thioether (sulfide) groups is 1. The van der Waals surface area contributed by atoms with Crippen molar-refractivity contribution in [3.63, 3.8) is 0 Å². The Balaban J connectivity index is 1.64. The van der Waals surface area contributed by atoms with Gasteiger partial charge in [-0.05, 0) is 36.1 Å². The molecule has 0 spiro atoms. The molecular weight excluding hydrogens is 385 g/mol. The van der Waals surface area contributed by atoms with Crippen molar-refractivity contribution in [3.8, 4) is 11.1 Å². The molecule has 0 N–H and O–H groups in total. The van der Waals surface area contributed by atoms with E-state index in [0.29, 0.717) is 16.4 Å². The summed E-state index contributed by atoms with van der Waals surface area (Å²) < 4.78 is 17.3. The van der Waals surface area contributed by atoms with Crippen LogP contribution in [0, 0.1) is 5.82 Å². The van der Waals surface area contributed by atoms with Crippen molar-refractivity contribution >= 4 is 22.8 Å². The third kappa shape index (κ3) is 3.38. The van der Waals surface area contributed by atoms with Crippen LogP contribution in [0.5, 0.6) is 0 Å². The van der Waals surface area contributed by atoms with Crippen LogP contribution in [-0.2, 0) is 12.8 Å². The number of hydrogen-bond donors (Lipinski definition) is 0. The summed E-state index contributed by atoms with van der Waals surface area (Å²) in [6, 6.07) is 16.8. The summed E-state index contributed by atoms with van der Waals surface area (Å²) in [5, 5.41) is 0.706. The van der Waals surface area contributed by atoms with E-state index < -0.39 is 0 Å². The Morgan fingerprint density at radius 2 is 1.93 bits per heavy atom. The predicted octanol–water partition coefficient (Wildman–Crippen LogP) is 5.17. The van der Waals surface area contributed by atoms with Crippen molar-refractivity contribution in [1.29, 1.82) is 0 Å². The Bertz CT molecular complexity index is 1260. The van der Waals surface area contributed by atoms with E-state index in [4.69, 9.17) is 4.98 Å². The van der Waals surface area contributed by atoms with Crippen LogP contribution < -0.4 is 5.56 Å². The molecule has 0 aliphatic heterocycles. The number of fused-ring (bicyclic) bond motifs is 1. The quantitative estimate of drug-likeness (QED) is 0.340. The van der Waals surface area contributed by atoms with E-state index >= 15 is 0 Å². The molecule has 5 rings (SSSR count). The lowest BCUT2D eigenvalue weighted by Gasteiger charge is -2.12. The highest BCUT2D eigenvalue weighted by Gasteiger charge is 2.30. The van der Waals surface area contributed by atoms with Crippen LogP contribution in [-0.4, -0.2) is 14.1 Å². The average Bonchev–Trinajstić information content (AvgIpc) is 3.50. The maximum absolute atomic E-state index is 13.5. The summed E-state index contributed by atoms with van der Waals surface area (Å²) in [5.74, 6) is 0.316. The van der Waals surface area contributed by atoms with Crippen LogP contribution in [0.25, 0.3) is 22.2 Å². The topological polar surface area (TPSA) is 39.8 Å². The van der Waals surface area contributed by atoms with E-state index in [2.05, 4.69) is 0 Å². The summed E-state index contributed by atoms with van der Waals surface area (Å²) in [4.78, 5) is 18.3. The van der Waals surface area contributed by atoms with Gasteiger partial charge in [-0.1, -0.05) is 54.2 Å². The first kappa shape index (κ1) is 18.2. The minimum absolute atomic E-state index is 0.00363. The molecule has 0 amide bonds. The third-order valence-corrected chi connectivity index (χ3v) is 6.27. The van der Waals surface area contributed by atoms with Crippen molar-refractivity contribution in [3.05, 3.63) is 82.5 Å². The van der Waals surface area contributed by atoms with Gasteiger partial charge >= 0.3 is 0 Å². The van der Waals surface area contributed by atoms with Crippen LogP contribution in [0.15, 0.2) is 70.7 Å². The van der Waals surface area contributed by atoms with Gasteiger partial charge in [0.05, 0.1) is 0 Å². The lowest BCUT2D eigenvalue weighted by molar-refractivity contribution is 0.614. The number of nitrogens with zero attached hydrogens (tertiary/aromatic N) is 3. The minimum atomic E-state index is -0.250. The number of hydrogen-bond acceptors (Lipinski definition) is 3. The molecule has 4 aromatic rings. The normalized spacial score (nSPS) is 13.9. The minimum Gasteiger partial charge on any atom is -0.344 e. The first-order valence-corrected chi connectivity index (χ1v) is 10.6. The molecule has 0 radical (unpaired) electrons. The highest BCUT2D eigenvalue weighted by molar-refractivity contribution is 7.98. The average molecular weight is 405 g/mol. The van der Waals surface area contributed by atoms with E-state index in [1.165, 1.54) is 23.9 Å². The van der Waals surface area contributed by atoms with Crippen LogP contribution in [0.4, 0.5) is 4.39 Å². The van der Waals surface area contributed by atoms with Crippen molar-refractivity contribution < 1.29 is 4.39 Å². The summed E-state index contributed by atoms with van der Waals surface area (Å²) >= 11 is 1.50. The molecule has 0 saturated heterocycles. The number of halogens is 1. The molecular formula is C23H20FN3OS. The molecule has 1 fully saturated rings. The summed E-state index contributed by atoms with van der Waals surface area (Å²) in [7, 11) is 1.90. The van der Waals surface area contributed by atoms with Crippen molar-refractivity contribution in [1.82, 2.24) is 14.1 Å². The van der Waals surface area contributed by atoms with Gasteiger partial charge in [0.1, 0.15) is 16.9 Å². The zero-order chi connectivity index (χ0) is 20.0. The summed E-state index contributed by atoms with van der Waals surface area (Å²) in [6.07, 6.45) is 3.97. The van der Waals surface area contributed by atoms with Gasteiger partial charge in [-0.2, -0.15) is 0 Å². The standard InChI is InChI=1S/C23H20FN3OS/c1-26-13-19(16-7-3-2-4-8-16)20-21(26)22(28)27(18-10-11-18)23(25-20)29-14-15-6-5-9-17(24)12-15/h2-9,12-13,18H,10-11,14H2,1H3. The van der Waals surface area contributed by atoms with Crippen LogP contribution in [0.3, 0.4) is 0 Å². The molecule has 1 aliphatic rings. The summed E-state index contributed by atoms with van der Waals surface area (Å²) in [5.41, 5.74) is 4.23. The van der Waals surface area contributed by atoms with E-state index in [1.54, 1.807) is 6.07 Å². The fraction of sp³-hybridized carbons (Fsp3) is 0.217. The molecule has 146 valence electrons. The fourth-order valence-electron chi connectivity index (χ4n) is 3.69. The SMILES string of the molecule is Cn1cc(-c2ccccc2)c2nc(SCc3cccc(F)c3)n(C3CC3)c(=O)c21. The fourth-order valence-corrected chi connectivity index (χ4v) is 4.69.